The Morgan fingerprint density at radius 2 is 2.12 bits per heavy atom. The van der Waals surface area contributed by atoms with Crippen molar-refractivity contribution in [3.8, 4) is 10.6 Å². The third kappa shape index (κ3) is 2.41. The number of hydrogen-bond acceptors (Lipinski definition) is 3. The summed E-state index contributed by atoms with van der Waals surface area (Å²) >= 11 is 1.42. The number of rotatable bonds is 3. The van der Waals surface area contributed by atoms with E-state index in [0.29, 0.717) is 17.6 Å². The molecule has 0 spiro atoms. The summed E-state index contributed by atoms with van der Waals surface area (Å²) in [7, 11) is 1.85. The number of carbonyl (C=O) groups is 1. The molecule has 0 saturated heterocycles. The Bertz CT molecular complexity index is 1040. The lowest BCUT2D eigenvalue weighted by Gasteiger charge is -2.11. The summed E-state index contributed by atoms with van der Waals surface area (Å²) in [6.45, 7) is 4.24. The molecule has 2 aromatic heterocycles. The van der Waals surface area contributed by atoms with Gasteiger partial charge >= 0.3 is 5.97 Å². The minimum absolute atomic E-state index is 0.0777. The first kappa shape index (κ1) is 16.3. The van der Waals surface area contributed by atoms with Crippen LogP contribution in [0.1, 0.15) is 23.0 Å². The van der Waals surface area contributed by atoms with Crippen LogP contribution in [0.3, 0.4) is 0 Å². The zero-order valence-electron chi connectivity index (χ0n) is 13.5. The normalized spacial score (nSPS) is 11.2. The van der Waals surface area contributed by atoms with Gasteiger partial charge in [-0.1, -0.05) is 11.3 Å². The highest BCUT2D eigenvalue weighted by Crippen LogP contribution is 2.28. The average Bonchev–Trinajstić information content (AvgIpc) is 2.87. The van der Waals surface area contributed by atoms with E-state index < -0.39 is 17.2 Å². The molecule has 0 radical (unpaired) electrons. The van der Waals surface area contributed by atoms with Crippen molar-refractivity contribution in [3.63, 3.8) is 0 Å². The number of aromatic carboxylic acids is 1. The molecule has 0 saturated carbocycles. The summed E-state index contributed by atoms with van der Waals surface area (Å²) in [5.41, 5.74) is 0.903. The van der Waals surface area contributed by atoms with Gasteiger partial charge in [0.15, 0.2) is 5.69 Å². The van der Waals surface area contributed by atoms with Gasteiger partial charge in [0.25, 0.3) is 5.01 Å². The zero-order valence-corrected chi connectivity index (χ0v) is 14.3. The van der Waals surface area contributed by atoms with Gasteiger partial charge < -0.3 is 9.67 Å². The summed E-state index contributed by atoms with van der Waals surface area (Å²) in [5.74, 6) is -1.85. The summed E-state index contributed by atoms with van der Waals surface area (Å²) in [5, 5.41) is 11.9. The molecule has 3 rings (SSSR count). The molecule has 3 aromatic rings. The second kappa shape index (κ2) is 5.83. The van der Waals surface area contributed by atoms with E-state index in [4.69, 9.17) is 0 Å². The predicted molar refractivity (Wildman–Crippen MR) is 90.0 cm³/mol. The fraction of sp³-hybridized carbons (Fsp3) is 0.235. The van der Waals surface area contributed by atoms with Crippen molar-refractivity contribution in [2.45, 2.75) is 20.4 Å². The van der Waals surface area contributed by atoms with E-state index in [-0.39, 0.29) is 10.9 Å². The molecular weight excluding hydrogens is 331 g/mol. The molecule has 0 unspecified atom stereocenters. The van der Waals surface area contributed by atoms with Crippen molar-refractivity contribution >= 4 is 28.2 Å². The average molecular weight is 347 g/mol. The second-order valence-electron chi connectivity index (χ2n) is 5.55. The van der Waals surface area contributed by atoms with Gasteiger partial charge in [-0.3, -0.25) is 4.79 Å². The minimum atomic E-state index is -1.31. The smallest absolute Gasteiger partial charge is 0.341 e. The van der Waals surface area contributed by atoms with Crippen LogP contribution in [0, 0.1) is 12.7 Å². The molecule has 0 aliphatic carbocycles. The highest BCUT2D eigenvalue weighted by molar-refractivity contribution is 7.12. The molecule has 2 heterocycles. The van der Waals surface area contributed by atoms with Crippen molar-refractivity contribution in [3.05, 3.63) is 51.0 Å². The molecule has 0 amide bonds. The Hall–Kier alpha value is -2.54. The van der Waals surface area contributed by atoms with E-state index in [9.17, 15) is 19.1 Å². The van der Waals surface area contributed by atoms with Gasteiger partial charge in [0.1, 0.15) is 18.4 Å². The van der Waals surface area contributed by atoms with Crippen molar-refractivity contribution in [2.24, 2.45) is 7.05 Å². The van der Waals surface area contributed by atoms with Crippen LogP contribution in [0.4, 0.5) is 4.39 Å². The van der Waals surface area contributed by atoms with E-state index in [0.717, 1.165) is 16.8 Å². The molecule has 24 heavy (non-hydrogen) atoms. The summed E-state index contributed by atoms with van der Waals surface area (Å²) in [4.78, 5) is 23.6. The molecule has 5 nitrogen and oxygen atoms in total. The molecular formula is C17H16FN2O3S+. The Kier molecular flexibility index (Phi) is 3.96. The monoisotopic (exact) mass is 347 g/mol. The van der Waals surface area contributed by atoms with Gasteiger partial charge in [-0.05, 0) is 19.1 Å². The predicted octanol–water partition coefficient (Wildman–Crippen LogP) is 2.72. The fourth-order valence-electron chi connectivity index (χ4n) is 2.69. The molecule has 1 N–H and O–H groups in total. The highest BCUT2D eigenvalue weighted by Gasteiger charge is 2.22. The third-order valence-electron chi connectivity index (χ3n) is 4.15. The number of carboxylic acid groups (broad SMARTS) is 1. The fourth-order valence-corrected chi connectivity index (χ4v) is 3.72. The van der Waals surface area contributed by atoms with Crippen LogP contribution in [-0.2, 0) is 13.6 Å². The number of aryl methyl sites for hydroxylation is 2. The minimum Gasteiger partial charge on any atom is -0.477 e. The number of hydrogen-bond donors (Lipinski definition) is 1. The van der Waals surface area contributed by atoms with Crippen LogP contribution < -0.4 is 10.00 Å². The number of benzene rings is 1. The maximum atomic E-state index is 14.6. The van der Waals surface area contributed by atoms with Crippen LogP contribution in [0.15, 0.2) is 28.5 Å². The first-order valence-corrected chi connectivity index (χ1v) is 8.27. The number of nitrogens with zero attached hydrogens (tertiary/aromatic N) is 2. The first-order chi connectivity index (χ1) is 11.3. The largest absolute Gasteiger partial charge is 0.477 e. The zero-order chi connectivity index (χ0) is 17.6. The number of fused-ring (bicyclic) bond motifs is 1. The molecule has 1 aromatic carbocycles. The van der Waals surface area contributed by atoms with E-state index in [1.165, 1.54) is 17.5 Å². The Labute approximate surface area is 141 Å². The van der Waals surface area contributed by atoms with Gasteiger partial charge in [-0.25, -0.2) is 9.18 Å². The molecule has 7 heteroatoms. The lowest BCUT2D eigenvalue weighted by Crippen LogP contribution is -2.31. The van der Waals surface area contributed by atoms with Gasteiger partial charge in [-0.15, -0.1) is 0 Å². The number of halogens is 1. The quantitative estimate of drug-likeness (QED) is 0.741. The van der Waals surface area contributed by atoms with Gasteiger partial charge in [0.2, 0.25) is 5.43 Å². The standard InChI is InChI=1S/C17H15FN2O3S/c1-4-20-7-12(17(22)23)15(21)11-5-13(18)10(6-14(11)20)16-19(3)9(2)8-24-16/h5-8H,4H2,1-3H3/p+1. The van der Waals surface area contributed by atoms with Crippen molar-refractivity contribution < 1.29 is 18.9 Å². The van der Waals surface area contributed by atoms with Crippen molar-refractivity contribution in [1.82, 2.24) is 4.57 Å². The lowest BCUT2D eigenvalue weighted by atomic mass is 10.1. The first-order valence-electron chi connectivity index (χ1n) is 7.39. The molecule has 124 valence electrons. The topological polar surface area (TPSA) is 63.2 Å². The number of thiazole rings is 1. The van der Waals surface area contributed by atoms with Gasteiger partial charge in [0.05, 0.1) is 16.5 Å². The number of pyridine rings is 1. The van der Waals surface area contributed by atoms with Crippen molar-refractivity contribution in [1.29, 1.82) is 0 Å². The Balaban J connectivity index is 2.40. The SMILES string of the molecule is CCn1cc(C(=O)O)c(=O)c2cc(F)c(-c3scc(C)[n+]3C)cc21. The Morgan fingerprint density at radius 3 is 2.67 bits per heavy atom. The molecule has 0 aliphatic heterocycles. The molecule has 0 fully saturated rings. The Morgan fingerprint density at radius 1 is 1.42 bits per heavy atom. The highest BCUT2D eigenvalue weighted by atomic mass is 32.1. The van der Waals surface area contributed by atoms with Crippen LogP contribution in [0.5, 0.6) is 0 Å². The van der Waals surface area contributed by atoms with E-state index in [1.807, 2.05) is 30.8 Å². The second-order valence-corrected chi connectivity index (χ2v) is 6.41. The molecule has 0 bridgehead atoms. The van der Waals surface area contributed by atoms with Crippen LogP contribution in [0.2, 0.25) is 0 Å². The lowest BCUT2D eigenvalue weighted by molar-refractivity contribution is -0.662. The van der Waals surface area contributed by atoms with E-state index >= 15 is 0 Å². The van der Waals surface area contributed by atoms with E-state index in [2.05, 4.69) is 0 Å². The molecule has 0 aliphatic rings. The summed E-state index contributed by atoms with van der Waals surface area (Å²) < 4.78 is 18.2. The summed E-state index contributed by atoms with van der Waals surface area (Å²) in [6.07, 6.45) is 1.31. The maximum Gasteiger partial charge on any atom is 0.341 e. The van der Waals surface area contributed by atoms with Crippen LogP contribution in [0.25, 0.3) is 21.5 Å². The summed E-state index contributed by atoms with van der Waals surface area (Å²) in [6, 6.07) is 2.76. The number of aromatic nitrogens is 2. The van der Waals surface area contributed by atoms with E-state index in [1.54, 1.807) is 10.6 Å². The van der Waals surface area contributed by atoms with Crippen molar-refractivity contribution in [2.75, 3.05) is 0 Å². The van der Waals surface area contributed by atoms with Gasteiger partial charge in [0, 0.05) is 25.1 Å². The van der Waals surface area contributed by atoms with Gasteiger partial charge in [-0.2, -0.15) is 4.57 Å². The third-order valence-corrected chi connectivity index (χ3v) is 5.32. The molecule has 0 atom stereocenters. The number of carboxylic acids is 1. The maximum absolute atomic E-state index is 14.6. The van der Waals surface area contributed by atoms with Crippen LogP contribution in [-0.4, -0.2) is 15.6 Å². The van der Waals surface area contributed by atoms with Crippen LogP contribution >= 0.6 is 11.3 Å².